The molecule has 17 heavy (non-hydrogen) atoms. The summed E-state index contributed by atoms with van der Waals surface area (Å²) in [7, 11) is 5.92. The third-order valence-electron chi connectivity index (χ3n) is 2.47. The molecular weight excluding hydrogens is 297 g/mol. The first-order chi connectivity index (χ1) is 8.15. The minimum absolute atomic E-state index is 0.551. The molecule has 0 N–H and O–H groups in total. The first-order valence-electron chi connectivity index (χ1n) is 4.86. The van der Waals surface area contributed by atoms with Crippen molar-refractivity contribution >= 4 is 49.3 Å². The molecule has 0 saturated heterocycles. The number of nitrogens with zero attached hydrogens (tertiary/aromatic N) is 1. The Labute approximate surface area is 115 Å². The van der Waals surface area contributed by atoms with Gasteiger partial charge in [-0.3, -0.25) is 0 Å². The fourth-order valence-electron chi connectivity index (χ4n) is 1.70. The second-order valence-electron chi connectivity index (χ2n) is 3.59. The zero-order valence-corrected chi connectivity index (χ0v) is 11.5. The minimum atomic E-state index is -0.551. The molecule has 1 aliphatic rings. The lowest BCUT2D eigenvalue weighted by molar-refractivity contribution is 1.25. The van der Waals surface area contributed by atoms with Crippen LogP contribution in [0, 0.1) is 4.51 Å². The van der Waals surface area contributed by atoms with Gasteiger partial charge in [-0.15, -0.1) is 0 Å². The van der Waals surface area contributed by atoms with Crippen molar-refractivity contribution < 1.29 is 0 Å². The summed E-state index contributed by atoms with van der Waals surface area (Å²) < 4.78 is 0.953. The molecular formula is C12H6Cl3NS. The molecule has 2 aromatic rings. The van der Waals surface area contributed by atoms with E-state index in [4.69, 9.17) is 33.9 Å². The van der Waals surface area contributed by atoms with E-state index in [9.17, 15) is 0 Å². The first-order valence-corrected chi connectivity index (χ1v) is 7.67. The average Bonchev–Trinajstić information content (AvgIpc) is 2.32. The van der Waals surface area contributed by atoms with E-state index < -0.39 is 9.70 Å². The Hall–Kier alpha value is -0.540. The van der Waals surface area contributed by atoms with Crippen LogP contribution in [0.5, 0.6) is 0 Å². The number of fused-ring (bicyclic) bond motifs is 2. The Bertz CT molecular complexity index is 740. The third-order valence-corrected chi connectivity index (χ3v) is 5.36. The summed E-state index contributed by atoms with van der Waals surface area (Å²) in [6, 6.07) is 11.1. The second-order valence-corrected chi connectivity index (χ2v) is 6.78. The lowest BCUT2D eigenvalue weighted by atomic mass is 10.3. The van der Waals surface area contributed by atoms with Gasteiger partial charge in [-0.05, 0) is 47.1 Å². The molecule has 1 heterocycles. The smallest absolute Gasteiger partial charge is 0.0781 e. The van der Waals surface area contributed by atoms with E-state index in [1.165, 1.54) is 0 Å². The number of halogens is 3. The van der Waals surface area contributed by atoms with Crippen molar-refractivity contribution in [1.82, 2.24) is 0 Å². The van der Waals surface area contributed by atoms with Crippen molar-refractivity contribution in [2.24, 2.45) is 4.99 Å². The summed E-state index contributed by atoms with van der Waals surface area (Å²) in [6.45, 7) is 0. The summed E-state index contributed by atoms with van der Waals surface area (Å²) in [5.41, 5.74) is 0.877. The summed E-state index contributed by atoms with van der Waals surface area (Å²) in [5, 5.41) is 2.22. The molecule has 2 aromatic carbocycles. The lowest BCUT2D eigenvalue weighted by Gasteiger charge is -2.11. The van der Waals surface area contributed by atoms with Gasteiger partial charge in [0.15, 0.2) is 0 Å². The molecule has 0 bridgehead atoms. The fourth-order valence-corrected chi connectivity index (χ4v) is 4.20. The highest BCUT2D eigenvalue weighted by molar-refractivity contribution is 8.29. The van der Waals surface area contributed by atoms with E-state index >= 15 is 0 Å². The number of rotatable bonds is 0. The highest BCUT2D eigenvalue weighted by atomic mass is 35.7. The molecule has 1 unspecified atom stereocenters. The van der Waals surface area contributed by atoms with Crippen molar-refractivity contribution in [3.63, 3.8) is 0 Å². The van der Waals surface area contributed by atoms with E-state index in [0.717, 1.165) is 20.5 Å². The Morgan fingerprint density at radius 1 is 0.941 bits per heavy atom. The average molecular weight is 303 g/mol. The Balaban J connectivity index is 2.44. The van der Waals surface area contributed by atoms with Crippen molar-refractivity contribution in [1.29, 1.82) is 0 Å². The molecule has 1 nitrogen and oxygen atoms in total. The van der Waals surface area contributed by atoms with E-state index in [0.29, 0.717) is 10.0 Å². The molecule has 86 valence electrons. The topological polar surface area (TPSA) is 12.4 Å². The summed E-state index contributed by atoms with van der Waals surface area (Å²) in [6.07, 6.45) is 0. The lowest BCUT2D eigenvalue weighted by Crippen LogP contribution is -2.04. The molecule has 1 atom stereocenters. The third kappa shape index (κ3) is 2.00. The van der Waals surface area contributed by atoms with Gasteiger partial charge in [-0.25, -0.2) is 4.99 Å². The zero-order valence-electron chi connectivity index (χ0n) is 8.45. The predicted octanol–water partition coefficient (Wildman–Crippen LogP) is 4.99. The van der Waals surface area contributed by atoms with E-state index in [1.54, 1.807) is 0 Å². The van der Waals surface area contributed by atoms with Gasteiger partial charge in [0.2, 0.25) is 0 Å². The van der Waals surface area contributed by atoms with Crippen LogP contribution < -0.4 is 5.36 Å². The quantitative estimate of drug-likeness (QED) is 0.608. The summed E-state index contributed by atoms with van der Waals surface area (Å²) in [5.74, 6) is 0. The molecule has 5 heteroatoms. The van der Waals surface area contributed by atoms with Gasteiger partial charge < -0.3 is 0 Å². The van der Waals surface area contributed by atoms with Crippen LogP contribution in [0.2, 0.25) is 10.0 Å². The van der Waals surface area contributed by atoms with Crippen LogP contribution >= 0.6 is 43.6 Å². The molecule has 0 aromatic heterocycles. The standard InChI is InChI=1S/C12H6Cl3NS/c13-7-1-3-9-11(5-7)17(15)12-6-8(14)2-4-10(12)16-9/h1-6H. The Morgan fingerprint density at radius 2 is 1.65 bits per heavy atom. The fraction of sp³-hybridized carbons (Fsp3) is 0. The van der Waals surface area contributed by atoms with Crippen LogP contribution in [0.15, 0.2) is 46.3 Å². The molecule has 1 aliphatic heterocycles. The van der Waals surface area contributed by atoms with E-state index in [2.05, 4.69) is 4.99 Å². The Kier molecular flexibility index (Phi) is 2.91. The molecule has 0 radical (unpaired) electrons. The number of hydrogen-bond acceptors (Lipinski definition) is 1. The van der Waals surface area contributed by atoms with Crippen LogP contribution in [0.3, 0.4) is 0 Å². The van der Waals surface area contributed by atoms with Crippen LogP contribution in [0.1, 0.15) is 0 Å². The van der Waals surface area contributed by atoms with Crippen LogP contribution in [0.4, 0.5) is 5.69 Å². The largest absolute Gasteiger partial charge is 0.247 e. The minimum Gasteiger partial charge on any atom is -0.247 e. The van der Waals surface area contributed by atoms with Gasteiger partial charge in [-0.1, -0.05) is 32.9 Å². The van der Waals surface area contributed by atoms with Crippen molar-refractivity contribution in [2.45, 2.75) is 4.90 Å². The monoisotopic (exact) mass is 301 g/mol. The van der Waals surface area contributed by atoms with Gasteiger partial charge in [0.05, 0.1) is 11.0 Å². The molecule has 0 saturated carbocycles. The van der Waals surface area contributed by atoms with Gasteiger partial charge in [-0.2, -0.15) is 0 Å². The summed E-state index contributed by atoms with van der Waals surface area (Å²) in [4.78, 5) is 5.50. The maximum Gasteiger partial charge on any atom is 0.0781 e. The van der Waals surface area contributed by atoms with Gasteiger partial charge >= 0.3 is 0 Å². The van der Waals surface area contributed by atoms with Crippen LogP contribution in [0.25, 0.3) is 0 Å². The van der Waals surface area contributed by atoms with Crippen LogP contribution in [-0.2, 0) is 0 Å². The van der Waals surface area contributed by atoms with Gasteiger partial charge in [0.1, 0.15) is 0 Å². The number of benzene rings is 2. The van der Waals surface area contributed by atoms with Crippen molar-refractivity contribution in [3.05, 3.63) is 56.3 Å². The van der Waals surface area contributed by atoms with Crippen LogP contribution in [-0.4, -0.2) is 0 Å². The van der Waals surface area contributed by atoms with Crippen molar-refractivity contribution in [2.75, 3.05) is 0 Å². The molecule has 0 amide bonds. The highest BCUT2D eigenvalue weighted by Gasteiger charge is 2.11. The van der Waals surface area contributed by atoms with Gasteiger partial charge in [0.25, 0.3) is 0 Å². The highest BCUT2D eigenvalue weighted by Crippen LogP contribution is 2.43. The van der Waals surface area contributed by atoms with E-state index in [-0.39, 0.29) is 0 Å². The molecule has 0 spiro atoms. The SMILES string of the molecule is Clc1ccc2c(c1)S(Cl)=c1cc(Cl)ccc1=N2. The zero-order chi connectivity index (χ0) is 12.0. The number of hydrogen-bond donors (Lipinski definition) is 0. The predicted molar refractivity (Wildman–Crippen MR) is 74.3 cm³/mol. The molecule has 0 aliphatic carbocycles. The molecule has 3 rings (SSSR count). The normalized spacial score (nSPS) is 17.0. The maximum absolute atomic E-state index is 6.47. The maximum atomic E-state index is 6.47. The second kappa shape index (κ2) is 4.29. The first kappa shape index (κ1) is 11.5. The molecule has 0 fully saturated rings. The Morgan fingerprint density at radius 3 is 2.47 bits per heavy atom. The van der Waals surface area contributed by atoms with Crippen molar-refractivity contribution in [3.8, 4) is 0 Å². The van der Waals surface area contributed by atoms with E-state index in [1.807, 2.05) is 36.4 Å². The summed E-state index contributed by atoms with van der Waals surface area (Å²) >= 11 is 12.0. The van der Waals surface area contributed by atoms with Gasteiger partial charge in [0, 0.05) is 19.5 Å².